The van der Waals surface area contributed by atoms with Crippen LogP contribution in [0.15, 0.2) is 69.3 Å². The maximum atomic E-state index is 13.9. The fraction of sp³-hybridized carbons (Fsp3) is 0.250. The van der Waals surface area contributed by atoms with Crippen molar-refractivity contribution in [2.24, 2.45) is 0 Å². The van der Waals surface area contributed by atoms with Crippen molar-refractivity contribution < 1.29 is 35.1 Å². The Morgan fingerprint density at radius 3 is 2.46 bits per heavy atom. The van der Waals surface area contributed by atoms with E-state index in [9.17, 15) is 30.4 Å². The molecule has 13 heteroatoms. The van der Waals surface area contributed by atoms with Gasteiger partial charge < -0.3 is 9.64 Å². The number of nitrogens with zero attached hydrogens (tertiary/aromatic N) is 1. The summed E-state index contributed by atoms with van der Waals surface area (Å²) in [7, 11) is -2.49. The van der Waals surface area contributed by atoms with Crippen LogP contribution in [0.3, 0.4) is 0 Å². The Kier molecular flexibility index (Phi) is 7.93. The molecule has 0 saturated carbocycles. The molecular formula is C24H20ClF5N2O3S2. The highest BCUT2D eigenvalue weighted by atomic mass is 35.5. The van der Waals surface area contributed by atoms with Crippen molar-refractivity contribution in [1.29, 1.82) is 0 Å². The third kappa shape index (κ3) is 6.67. The van der Waals surface area contributed by atoms with E-state index in [1.807, 2.05) is 11.9 Å². The lowest BCUT2D eigenvalue weighted by atomic mass is 10.1. The standard InChI is InChI=1S/C24H20ClF5N2O3S2/c1-32-9-8-16(13-32)35-21-11-15(3-5-18(21)24(28,29)30)31-37(33,34)23-7-4-17(12-19(23)25)36-22-6-2-14(26)10-20(22)27/h2-7,10-12,16,31H,8-9,13H2,1H3. The van der Waals surface area contributed by atoms with E-state index in [0.29, 0.717) is 24.4 Å². The van der Waals surface area contributed by atoms with Crippen LogP contribution in [0.2, 0.25) is 5.02 Å². The number of alkyl halides is 3. The fourth-order valence-electron chi connectivity index (χ4n) is 3.75. The third-order valence-electron chi connectivity index (χ3n) is 5.50. The van der Waals surface area contributed by atoms with E-state index in [-0.39, 0.29) is 20.5 Å². The van der Waals surface area contributed by atoms with Gasteiger partial charge in [0.25, 0.3) is 10.0 Å². The van der Waals surface area contributed by atoms with E-state index < -0.39 is 45.3 Å². The van der Waals surface area contributed by atoms with Gasteiger partial charge in [0.15, 0.2) is 0 Å². The van der Waals surface area contributed by atoms with Crippen LogP contribution in [0.4, 0.5) is 27.6 Å². The highest BCUT2D eigenvalue weighted by Crippen LogP contribution is 2.39. The first-order valence-corrected chi connectivity index (χ1v) is 13.5. The molecular weight excluding hydrogens is 559 g/mol. The topological polar surface area (TPSA) is 58.6 Å². The molecule has 1 aliphatic heterocycles. The van der Waals surface area contributed by atoms with E-state index >= 15 is 0 Å². The molecule has 1 saturated heterocycles. The summed E-state index contributed by atoms with van der Waals surface area (Å²) in [5, 5.41) is -0.197. The first kappa shape index (κ1) is 27.5. The monoisotopic (exact) mass is 578 g/mol. The largest absolute Gasteiger partial charge is 0.488 e. The molecule has 0 radical (unpaired) electrons. The number of rotatable bonds is 7. The Morgan fingerprint density at radius 2 is 1.84 bits per heavy atom. The van der Waals surface area contributed by atoms with Gasteiger partial charge in [-0.15, -0.1) is 0 Å². The Bertz CT molecular complexity index is 1420. The number of hydrogen-bond donors (Lipinski definition) is 1. The van der Waals surface area contributed by atoms with Crippen LogP contribution in [0.5, 0.6) is 5.75 Å². The summed E-state index contributed by atoms with van der Waals surface area (Å²) in [5.41, 5.74) is -1.16. The minimum absolute atomic E-state index is 0.108. The zero-order chi connectivity index (χ0) is 27.0. The van der Waals surface area contributed by atoms with Crippen LogP contribution in [-0.2, 0) is 16.2 Å². The summed E-state index contributed by atoms with van der Waals surface area (Å²) in [6, 6.07) is 9.64. The van der Waals surface area contributed by atoms with Crippen LogP contribution < -0.4 is 9.46 Å². The van der Waals surface area contributed by atoms with Gasteiger partial charge in [0.1, 0.15) is 28.4 Å². The smallest absolute Gasteiger partial charge is 0.419 e. The van der Waals surface area contributed by atoms with Crippen molar-refractivity contribution in [3.05, 3.63) is 76.8 Å². The molecule has 0 amide bonds. The fourth-order valence-corrected chi connectivity index (χ4v) is 6.27. The zero-order valence-electron chi connectivity index (χ0n) is 19.2. The molecule has 198 valence electrons. The van der Waals surface area contributed by atoms with Gasteiger partial charge in [-0.2, -0.15) is 13.2 Å². The maximum absolute atomic E-state index is 13.9. The number of sulfonamides is 1. The van der Waals surface area contributed by atoms with Gasteiger partial charge in [0.05, 0.1) is 16.3 Å². The molecule has 1 fully saturated rings. The van der Waals surface area contributed by atoms with E-state index in [2.05, 4.69) is 4.72 Å². The molecule has 1 aliphatic rings. The molecule has 1 N–H and O–H groups in total. The number of nitrogens with one attached hydrogen (secondary N) is 1. The summed E-state index contributed by atoms with van der Waals surface area (Å²) in [5.74, 6) is -2.00. The predicted octanol–water partition coefficient (Wildman–Crippen LogP) is 6.67. The number of halogens is 6. The Hall–Kier alpha value is -2.54. The Balaban J connectivity index is 1.57. The quantitative estimate of drug-likeness (QED) is 0.317. The lowest BCUT2D eigenvalue weighted by molar-refractivity contribution is -0.139. The molecule has 1 unspecified atom stereocenters. The molecule has 1 heterocycles. The van der Waals surface area contributed by atoms with Gasteiger partial charge in [-0.25, -0.2) is 17.2 Å². The van der Waals surface area contributed by atoms with Crippen molar-refractivity contribution in [3.8, 4) is 5.75 Å². The lowest BCUT2D eigenvalue weighted by Gasteiger charge is -2.19. The molecule has 3 aromatic rings. The second-order valence-electron chi connectivity index (χ2n) is 8.37. The molecule has 0 aromatic heterocycles. The van der Waals surface area contributed by atoms with Crippen LogP contribution in [-0.4, -0.2) is 39.6 Å². The molecule has 0 aliphatic carbocycles. The summed E-state index contributed by atoms with van der Waals surface area (Å²) < 4.78 is 101. The average Bonchev–Trinajstić information content (AvgIpc) is 3.19. The molecule has 4 rings (SSSR count). The maximum Gasteiger partial charge on any atom is 0.419 e. The second-order valence-corrected chi connectivity index (χ2v) is 11.5. The van der Waals surface area contributed by atoms with E-state index in [1.54, 1.807) is 0 Å². The van der Waals surface area contributed by atoms with Crippen molar-refractivity contribution in [2.45, 2.75) is 33.4 Å². The van der Waals surface area contributed by atoms with E-state index in [0.717, 1.165) is 42.1 Å². The van der Waals surface area contributed by atoms with Crippen molar-refractivity contribution in [2.75, 3.05) is 24.9 Å². The Morgan fingerprint density at radius 1 is 1.08 bits per heavy atom. The normalized spacial score (nSPS) is 16.7. The molecule has 0 spiro atoms. The molecule has 0 bridgehead atoms. The van der Waals surface area contributed by atoms with Gasteiger partial charge in [-0.3, -0.25) is 4.72 Å². The minimum atomic E-state index is -4.70. The molecule has 37 heavy (non-hydrogen) atoms. The third-order valence-corrected chi connectivity index (χ3v) is 8.40. The molecule has 1 atom stereocenters. The molecule has 3 aromatic carbocycles. The number of hydrogen-bond acceptors (Lipinski definition) is 5. The van der Waals surface area contributed by atoms with Crippen molar-refractivity contribution in [1.82, 2.24) is 4.90 Å². The van der Waals surface area contributed by atoms with Crippen LogP contribution in [0.25, 0.3) is 0 Å². The zero-order valence-corrected chi connectivity index (χ0v) is 21.5. The van der Waals surface area contributed by atoms with Crippen molar-refractivity contribution >= 4 is 39.1 Å². The lowest BCUT2D eigenvalue weighted by Crippen LogP contribution is -2.23. The average molecular weight is 579 g/mol. The first-order valence-electron chi connectivity index (χ1n) is 10.8. The summed E-state index contributed by atoms with van der Waals surface area (Å²) >= 11 is 7.10. The van der Waals surface area contributed by atoms with E-state index in [4.69, 9.17) is 16.3 Å². The Labute approximate surface area is 219 Å². The van der Waals surface area contributed by atoms with Crippen LogP contribution in [0, 0.1) is 11.6 Å². The van der Waals surface area contributed by atoms with Gasteiger partial charge in [-0.05, 0) is 55.9 Å². The van der Waals surface area contributed by atoms with Crippen molar-refractivity contribution in [3.63, 3.8) is 0 Å². The van der Waals surface area contributed by atoms with Gasteiger partial charge in [-0.1, -0.05) is 23.4 Å². The van der Waals surface area contributed by atoms with Gasteiger partial charge >= 0.3 is 6.18 Å². The summed E-state index contributed by atoms with van der Waals surface area (Å²) in [6.07, 6.45) is -4.63. The molecule has 5 nitrogen and oxygen atoms in total. The van der Waals surface area contributed by atoms with Crippen LogP contribution >= 0.6 is 23.4 Å². The van der Waals surface area contributed by atoms with Gasteiger partial charge in [0, 0.05) is 35.0 Å². The summed E-state index contributed by atoms with van der Waals surface area (Å²) in [6.45, 7) is 1.11. The highest BCUT2D eigenvalue weighted by molar-refractivity contribution is 7.99. The second kappa shape index (κ2) is 10.7. The first-order chi connectivity index (χ1) is 17.3. The highest BCUT2D eigenvalue weighted by Gasteiger charge is 2.36. The number of anilines is 1. The van der Waals surface area contributed by atoms with E-state index in [1.165, 1.54) is 24.3 Å². The number of benzene rings is 3. The SMILES string of the molecule is CN1CCC(Oc2cc(NS(=O)(=O)c3ccc(Sc4ccc(F)cc4F)cc3Cl)ccc2C(F)(F)F)C1. The predicted molar refractivity (Wildman–Crippen MR) is 131 cm³/mol. The number of likely N-dealkylation sites (tertiary alicyclic amines) is 1. The number of ether oxygens (including phenoxy) is 1. The number of likely N-dealkylation sites (N-methyl/N-ethyl adjacent to an activating group) is 1. The van der Waals surface area contributed by atoms with Crippen LogP contribution in [0.1, 0.15) is 12.0 Å². The minimum Gasteiger partial charge on any atom is -0.488 e. The summed E-state index contributed by atoms with van der Waals surface area (Å²) in [4.78, 5) is 2.08. The van der Waals surface area contributed by atoms with Gasteiger partial charge in [0.2, 0.25) is 0 Å².